The van der Waals surface area contributed by atoms with Crippen LogP contribution >= 0.6 is 11.3 Å². The Balaban J connectivity index is 2.07. The second kappa shape index (κ2) is 5.75. The van der Waals surface area contributed by atoms with Crippen molar-refractivity contribution in [2.24, 2.45) is 11.3 Å². The normalized spacial score (nSPS) is 27.6. The van der Waals surface area contributed by atoms with Gasteiger partial charge in [-0.1, -0.05) is 33.8 Å². The maximum Gasteiger partial charge on any atom is 0.00796 e. The van der Waals surface area contributed by atoms with Gasteiger partial charge >= 0.3 is 0 Å². The fourth-order valence-corrected chi connectivity index (χ4v) is 4.03. The van der Waals surface area contributed by atoms with Gasteiger partial charge in [-0.05, 0) is 54.5 Å². The third-order valence-electron chi connectivity index (χ3n) is 4.23. The van der Waals surface area contributed by atoms with E-state index in [9.17, 15) is 0 Å². The molecule has 1 fully saturated rings. The summed E-state index contributed by atoms with van der Waals surface area (Å²) in [6, 6.07) is 5.14. The number of hydrogen-bond donors (Lipinski definition) is 1. The Hall–Kier alpha value is -0.340. The molecular formula is C16H27NS. The van der Waals surface area contributed by atoms with Crippen molar-refractivity contribution in [1.29, 1.82) is 0 Å². The molecule has 0 aliphatic heterocycles. The van der Waals surface area contributed by atoms with Crippen molar-refractivity contribution in [1.82, 2.24) is 5.32 Å². The number of thiophene rings is 1. The van der Waals surface area contributed by atoms with Crippen LogP contribution in [-0.4, -0.2) is 12.6 Å². The summed E-state index contributed by atoms with van der Waals surface area (Å²) in [7, 11) is 0. The highest BCUT2D eigenvalue weighted by atomic mass is 32.1. The molecule has 1 heterocycles. The van der Waals surface area contributed by atoms with Crippen LogP contribution in [0, 0.1) is 11.3 Å². The van der Waals surface area contributed by atoms with E-state index >= 15 is 0 Å². The molecule has 1 aliphatic carbocycles. The summed E-state index contributed by atoms with van der Waals surface area (Å²) in [4.78, 5) is 1.60. The van der Waals surface area contributed by atoms with Crippen LogP contribution in [-0.2, 0) is 0 Å². The molecule has 0 radical (unpaired) electrons. The summed E-state index contributed by atoms with van der Waals surface area (Å²) < 4.78 is 0. The van der Waals surface area contributed by atoms with Crippen LogP contribution in [0.2, 0.25) is 0 Å². The van der Waals surface area contributed by atoms with Crippen LogP contribution < -0.4 is 5.32 Å². The Kier molecular flexibility index (Phi) is 4.50. The zero-order valence-corrected chi connectivity index (χ0v) is 13.0. The molecule has 2 unspecified atom stereocenters. The molecule has 18 heavy (non-hydrogen) atoms. The van der Waals surface area contributed by atoms with Crippen molar-refractivity contribution in [3.63, 3.8) is 0 Å². The van der Waals surface area contributed by atoms with E-state index in [1.165, 1.54) is 25.8 Å². The second-order valence-corrected chi connectivity index (χ2v) is 7.83. The van der Waals surface area contributed by atoms with E-state index in [4.69, 9.17) is 0 Å². The van der Waals surface area contributed by atoms with Crippen LogP contribution in [0.3, 0.4) is 0 Å². The lowest BCUT2D eigenvalue weighted by Crippen LogP contribution is -2.36. The molecule has 2 heteroatoms. The molecule has 1 nitrogen and oxygen atoms in total. The maximum absolute atomic E-state index is 3.64. The Morgan fingerprint density at radius 2 is 2.22 bits per heavy atom. The maximum atomic E-state index is 3.64. The van der Waals surface area contributed by atoms with Crippen molar-refractivity contribution < 1.29 is 0 Å². The van der Waals surface area contributed by atoms with Crippen LogP contribution in [0.1, 0.15) is 57.8 Å². The molecule has 102 valence electrons. The fraction of sp³-hybridized carbons (Fsp3) is 0.750. The molecule has 1 aliphatic rings. The highest BCUT2D eigenvalue weighted by molar-refractivity contribution is 7.10. The van der Waals surface area contributed by atoms with Crippen molar-refractivity contribution in [3.8, 4) is 0 Å². The van der Waals surface area contributed by atoms with E-state index in [-0.39, 0.29) is 0 Å². The Morgan fingerprint density at radius 1 is 1.44 bits per heavy atom. The predicted molar refractivity (Wildman–Crippen MR) is 81.3 cm³/mol. The van der Waals surface area contributed by atoms with Crippen molar-refractivity contribution >= 4 is 11.3 Å². The van der Waals surface area contributed by atoms with Crippen LogP contribution in [0.15, 0.2) is 17.5 Å². The van der Waals surface area contributed by atoms with Gasteiger partial charge in [-0.3, -0.25) is 0 Å². The van der Waals surface area contributed by atoms with Crippen molar-refractivity contribution in [2.75, 3.05) is 6.54 Å². The molecule has 1 saturated carbocycles. The largest absolute Gasteiger partial charge is 0.314 e. The van der Waals surface area contributed by atoms with Gasteiger partial charge in [0.05, 0.1) is 0 Å². The average molecular weight is 265 g/mol. The molecular weight excluding hydrogens is 238 g/mol. The first-order valence-corrected chi connectivity index (χ1v) is 8.13. The van der Waals surface area contributed by atoms with Crippen LogP contribution in [0.4, 0.5) is 0 Å². The van der Waals surface area contributed by atoms with Gasteiger partial charge in [0.25, 0.3) is 0 Å². The molecule has 1 aromatic heterocycles. The lowest BCUT2D eigenvalue weighted by Gasteiger charge is -2.41. The predicted octanol–water partition coefficient (Wildman–Crippen LogP) is 4.66. The van der Waals surface area contributed by atoms with E-state index in [1.807, 2.05) is 11.3 Å². The molecule has 0 bridgehead atoms. The quantitative estimate of drug-likeness (QED) is 0.835. The summed E-state index contributed by atoms with van der Waals surface area (Å²) >= 11 is 1.94. The van der Waals surface area contributed by atoms with Gasteiger partial charge in [0.2, 0.25) is 0 Å². The van der Waals surface area contributed by atoms with E-state index in [2.05, 4.69) is 50.5 Å². The SMILES string of the molecule is CC(C)NCC1CCC(C)(C)CC1c1cccs1. The first kappa shape index (κ1) is 14.1. The molecule has 0 amide bonds. The molecule has 1 aromatic rings. The number of hydrogen-bond acceptors (Lipinski definition) is 2. The van der Waals surface area contributed by atoms with Crippen molar-refractivity contribution in [2.45, 2.75) is 58.9 Å². The van der Waals surface area contributed by atoms with Gasteiger partial charge in [0.1, 0.15) is 0 Å². The molecule has 0 aromatic carbocycles. The summed E-state index contributed by atoms with van der Waals surface area (Å²) in [6.45, 7) is 10.5. The summed E-state index contributed by atoms with van der Waals surface area (Å²) in [5, 5.41) is 5.87. The van der Waals surface area contributed by atoms with Gasteiger partial charge in [0, 0.05) is 10.9 Å². The summed E-state index contributed by atoms with van der Waals surface area (Å²) in [6.07, 6.45) is 4.09. The summed E-state index contributed by atoms with van der Waals surface area (Å²) in [5.74, 6) is 1.58. The Labute approximate surface area is 116 Å². The molecule has 2 atom stereocenters. The van der Waals surface area contributed by atoms with E-state index in [0.717, 1.165) is 11.8 Å². The zero-order chi connectivity index (χ0) is 13.2. The topological polar surface area (TPSA) is 12.0 Å². The molecule has 1 N–H and O–H groups in total. The Bertz CT molecular complexity index is 351. The third-order valence-corrected chi connectivity index (χ3v) is 5.23. The number of rotatable bonds is 4. The monoisotopic (exact) mass is 265 g/mol. The molecule has 2 rings (SSSR count). The minimum absolute atomic E-state index is 0.517. The smallest absolute Gasteiger partial charge is 0.00796 e. The highest BCUT2D eigenvalue weighted by Gasteiger charge is 2.35. The Morgan fingerprint density at radius 3 is 2.83 bits per heavy atom. The van der Waals surface area contributed by atoms with Gasteiger partial charge in [-0.25, -0.2) is 0 Å². The van der Waals surface area contributed by atoms with E-state index in [1.54, 1.807) is 4.88 Å². The lowest BCUT2D eigenvalue weighted by atomic mass is 9.66. The summed E-state index contributed by atoms with van der Waals surface area (Å²) in [5.41, 5.74) is 0.517. The number of nitrogens with one attached hydrogen (secondary N) is 1. The van der Waals surface area contributed by atoms with E-state index in [0.29, 0.717) is 11.5 Å². The van der Waals surface area contributed by atoms with Crippen LogP contribution in [0.5, 0.6) is 0 Å². The first-order chi connectivity index (χ1) is 8.48. The van der Waals surface area contributed by atoms with Gasteiger partial charge < -0.3 is 5.32 Å². The average Bonchev–Trinajstić information content (AvgIpc) is 2.79. The van der Waals surface area contributed by atoms with Gasteiger partial charge in [-0.15, -0.1) is 11.3 Å². The zero-order valence-electron chi connectivity index (χ0n) is 12.2. The third kappa shape index (κ3) is 3.58. The lowest BCUT2D eigenvalue weighted by molar-refractivity contribution is 0.160. The minimum Gasteiger partial charge on any atom is -0.314 e. The minimum atomic E-state index is 0.517. The molecule has 0 spiro atoms. The fourth-order valence-electron chi connectivity index (χ4n) is 3.11. The first-order valence-electron chi connectivity index (χ1n) is 7.25. The van der Waals surface area contributed by atoms with E-state index < -0.39 is 0 Å². The second-order valence-electron chi connectivity index (χ2n) is 6.85. The van der Waals surface area contributed by atoms with Crippen molar-refractivity contribution in [3.05, 3.63) is 22.4 Å². The highest BCUT2D eigenvalue weighted by Crippen LogP contribution is 2.47. The molecule has 0 saturated heterocycles. The van der Waals surface area contributed by atoms with Gasteiger partial charge in [0.15, 0.2) is 0 Å². The van der Waals surface area contributed by atoms with Gasteiger partial charge in [-0.2, -0.15) is 0 Å². The standard InChI is InChI=1S/C16H27NS/c1-12(2)17-11-13-7-8-16(3,4)10-14(13)15-6-5-9-18-15/h5-6,9,12-14,17H,7-8,10-11H2,1-4H3. The van der Waals surface area contributed by atoms with Crippen LogP contribution in [0.25, 0.3) is 0 Å².